The fourth-order valence-corrected chi connectivity index (χ4v) is 5.16. The number of rotatable bonds is 4. The van der Waals surface area contributed by atoms with E-state index in [0.29, 0.717) is 23.8 Å². The monoisotopic (exact) mass is 392 g/mol. The van der Waals surface area contributed by atoms with Gasteiger partial charge in [-0.05, 0) is 37.8 Å². The van der Waals surface area contributed by atoms with Gasteiger partial charge in [-0.2, -0.15) is 0 Å². The molecule has 146 valence electrons. The van der Waals surface area contributed by atoms with Crippen LogP contribution in [0.4, 0.5) is 14.9 Å². The number of amides is 2. The second kappa shape index (κ2) is 8.58. The molecule has 1 aliphatic carbocycles. The predicted molar refractivity (Wildman–Crippen MR) is 106 cm³/mol. The van der Waals surface area contributed by atoms with Crippen LogP contribution in [-0.4, -0.2) is 48.3 Å². The number of hydrogen-bond acceptors (Lipinski definition) is 5. The quantitative estimate of drug-likeness (QED) is 0.737. The molecule has 1 aromatic carbocycles. The van der Waals surface area contributed by atoms with Gasteiger partial charge < -0.3 is 15.4 Å². The molecule has 0 radical (unpaired) electrons. The molecule has 2 aliphatic heterocycles. The first-order chi connectivity index (χ1) is 13.2. The van der Waals surface area contributed by atoms with Gasteiger partial charge >= 0.3 is 6.03 Å². The van der Waals surface area contributed by atoms with Crippen LogP contribution in [-0.2, 0) is 4.74 Å². The Hall–Kier alpha value is -1.64. The number of benzene rings is 1. The lowest BCUT2D eigenvalue weighted by atomic mass is 9.92. The number of aliphatic imine (C=N–C) groups is 1. The first-order valence-electron chi connectivity index (χ1n) is 9.53. The molecule has 1 aromatic rings. The van der Waals surface area contributed by atoms with E-state index in [0.717, 1.165) is 32.2 Å². The molecule has 2 bridgehead atoms. The topological polar surface area (TPSA) is 74.8 Å². The standard InChI is InChI=1S/C19H25FN4O2S/c20-14-5-1-2-6-15(14)24-19(25)22-10-18-23-12-4-3-7-16(26-18)13(8-12)17-9-21-11-27-17/h1-2,5-6,11-13,16-18,23H,3-4,7-10H2,(H2,22,24,25). The lowest BCUT2D eigenvalue weighted by Gasteiger charge is -2.30. The minimum atomic E-state index is -0.454. The smallest absolute Gasteiger partial charge is 0.319 e. The molecule has 2 fully saturated rings. The van der Waals surface area contributed by atoms with Gasteiger partial charge in [-0.1, -0.05) is 12.1 Å². The summed E-state index contributed by atoms with van der Waals surface area (Å²) in [7, 11) is 0. The molecular formula is C19H25FN4O2S. The van der Waals surface area contributed by atoms with Crippen molar-refractivity contribution in [2.24, 2.45) is 10.9 Å². The van der Waals surface area contributed by atoms with E-state index in [2.05, 4.69) is 20.9 Å². The van der Waals surface area contributed by atoms with E-state index in [9.17, 15) is 9.18 Å². The van der Waals surface area contributed by atoms with E-state index >= 15 is 0 Å². The molecule has 1 saturated heterocycles. The lowest BCUT2D eigenvalue weighted by Crippen LogP contribution is -2.48. The van der Waals surface area contributed by atoms with Gasteiger partial charge in [-0.3, -0.25) is 10.3 Å². The Balaban J connectivity index is 1.33. The number of anilines is 1. The number of ether oxygens (including phenoxy) is 1. The van der Waals surface area contributed by atoms with Crippen LogP contribution in [0.3, 0.4) is 0 Å². The van der Waals surface area contributed by atoms with Gasteiger partial charge in [0.05, 0.1) is 30.4 Å². The molecule has 3 N–H and O–H groups in total. The zero-order valence-electron chi connectivity index (χ0n) is 15.1. The van der Waals surface area contributed by atoms with Crippen molar-refractivity contribution in [3.8, 4) is 0 Å². The van der Waals surface area contributed by atoms with Gasteiger partial charge in [-0.25, -0.2) is 9.18 Å². The number of nitrogens with zero attached hydrogens (tertiary/aromatic N) is 1. The highest BCUT2D eigenvalue weighted by molar-refractivity contribution is 8.12. The number of fused-ring (bicyclic) bond motifs is 3. The predicted octanol–water partition coefficient (Wildman–Crippen LogP) is 2.96. The fraction of sp³-hybridized carbons (Fsp3) is 0.579. The van der Waals surface area contributed by atoms with Crippen molar-refractivity contribution in [3.63, 3.8) is 0 Å². The van der Waals surface area contributed by atoms with Crippen molar-refractivity contribution in [2.45, 2.75) is 49.3 Å². The third-order valence-electron chi connectivity index (χ3n) is 5.48. The Labute approximate surface area is 162 Å². The Morgan fingerprint density at radius 1 is 1.37 bits per heavy atom. The largest absolute Gasteiger partial charge is 0.358 e. The molecule has 2 amide bonds. The van der Waals surface area contributed by atoms with Gasteiger partial charge in [-0.15, -0.1) is 11.8 Å². The SMILES string of the molecule is O=C(NCC1NC2CCCC(O1)C(C1CN=CS1)C2)Nc1ccccc1F. The van der Waals surface area contributed by atoms with Crippen LogP contribution in [0.2, 0.25) is 0 Å². The molecule has 5 atom stereocenters. The Kier molecular flexibility index (Phi) is 5.95. The van der Waals surface area contributed by atoms with E-state index in [-0.39, 0.29) is 18.0 Å². The lowest BCUT2D eigenvalue weighted by molar-refractivity contribution is -0.0493. The van der Waals surface area contributed by atoms with Gasteiger partial charge in [0.15, 0.2) is 0 Å². The summed E-state index contributed by atoms with van der Waals surface area (Å²) in [6.07, 6.45) is 4.38. The third-order valence-corrected chi connectivity index (χ3v) is 6.60. The number of thioether (sulfide) groups is 1. The fourth-order valence-electron chi connectivity index (χ4n) is 4.17. The van der Waals surface area contributed by atoms with E-state index in [4.69, 9.17) is 4.74 Å². The summed E-state index contributed by atoms with van der Waals surface area (Å²) in [4.78, 5) is 16.5. The van der Waals surface area contributed by atoms with Crippen molar-refractivity contribution in [2.75, 3.05) is 18.4 Å². The summed E-state index contributed by atoms with van der Waals surface area (Å²) >= 11 is 1.81. The van der Waals surface area contributed by atoms with Gasteiger partial charge in [0.1, 0.15) is 12.0 Å². The van der Waals surface area contributed by atoms with E-state index in [1.54, 1.807) is 12.1 Å². The first kappa shape index (κ1) is 18.7. The Morgan fingerprint density at radius 3 is 3.07 bits per heavy atom. The van der Waals surface area contributed by atoms with Gasteiger partial charge in [0.25, 0.3) is 0 Å². The second-order valence-corrected chi connectivity index (χ2v) is 8.41. The first-order valence-corrected chi connectivity index (χ1v) is 10.5. The molecular weight excluding hydrogens is 367 g/mol. The zero-order valence-corrected chi connectivity index (χ0v) is 15.9. The van der Waals surface area contributed by atoms with Crippen LogP contribution < -0.4 is 16.0 Å². The average Bonchev–Trinajstić information content (AvgIpc) is 3.03. The van der Waals surface area contributed by atoms with Crippen molar-refractivity contribution >= 4 is 29.0 Å². The van der Waals surface area contributed by atoms with E-state index in [1.807, 2.05) is 17.3 Å². The normalized spacial score (nSPS) is 32.7. The van der Waals surface area contributed by atoms with Crippen LogP contribution in [0, 0.1) is 11.7 Å². The summed E-state index contributed by atoms with van der Waals surface area (Å²) in [6, 6.07) is 6.08. The molecule has 0 aromatic heterocycles. The molecule has 4 rings (SSSR count). The maximum absolute atomic E-state index is 13.7. The van der Waals surface area contributed by atoms with Crippen LogP contribution >= 0.6 is 11.8 Å². The summed E-state index contributed by atoms with van der Waals surface area (Å²) < 4.78 is 20.0. The molecule has 3 aliphatic rings. The molecule has 5 unspecified atom stereocenters. The number of halogens is 1. The highest BCUT2D eigenvalue weighted by atomic mass is 32.2. The second-order valence-electron chi connectivity index (χ2n) is 7.32. The summed E-state index contributed by atoms with van der Waals surface area (Å²) in [5, 5.41) is 9.37. The minimum Gasteiger partial charge on any atom is -0.358 e. The minimum absolute atomic E-state index is 0.167. The van der Waals surface area contributed by atoms with Crippen LogP contribution in [0.15, 0.2) is 29.3 Å². The highest BCUT2D eigenvalue weighted by Gasteiger charge is 2.40. The van der Waals surface area contributed by atoms with Gasteiger partial charge in [0, 0.05) is 17.2 Å². The van der Waals surface area contributed by atoms with Crippen molar-refractivity contribution in [1.82, 2.24) is 10.6 Å². The molecule has 27 heavy (non-hydrogen) atoms. The highest BCUT2D eigenvalue weighted by Crippen LogP contribution is 2.37. The molecule has 0 spiro atoms. The van der Waals surface area contributed by atoms with Crippen LogP contribution in [0.25, 0.3) is 0 Å². The maximum atomic E-state index is 13.7. The van der Waals surface area contributed by atoms with Crippen LogP contribution in [0.1, 0.15) is 25.7 Å². The van der Waals surface area contributed by atoms with Gasteiger partial charge in [0.2, 0.25) is 0 Å². The molecule has 1 saturated carbocycles. The molecule has 6 nitrogen and oxygen atoms in total. The van der Waals surface area contributed by atoms with E-state index < -0.39 is 11.8 Å². The Bertz CT molecular complexity index is 696. The number of nitrogens with one attached hydrogen (secondary N) is 3. The number of carbonyl (C=O) groups is 1. The average molecular weight is 393 g/mol. The van der Waals surface area contributed by atoms with Crippen LogP contribution in [0.5, 0.6) is 0 Å². The molecule has 2 heterocycles. The number of para-hydroxylation sites is 1. The van der Waals surface area contributed by atoms with Crippen molar-refractivity contribution < 1.29 is 13.9 Å². The zero-order chi connectivity index (χ0) is 18.6. The van der Waals surface area contributed by atoms with E-state index in [1.165, 1.54) is 12.1 Å². The number of urea groups is 1. The van der Waals surface area contributed by atoms with Crippen molar-refractivity contribution in [1.29, 1.82) is 0 Å². The Morgan fingerprint density at radius 2 is 2.26 bits per heavy atom. The van der Waals surface area contributed by atoms with Crippen molar-refractivity contribution in [3.05, 3.63) is 30.1 Å². The number of hydrogen-bond donors (Lipinski definition) is 3. The number of carbonyl (C=O) groups excluding carboxylic acids is 1. The summed E-state index contributed by atoms with van der Waals surface area (Å²) in [5.41, 5.74) is 2.12. The summed E-state index contributed by atoms with van der Waals surface area (Å²) in [6.45, 7) is 1.21. The third kappa shape index (κ3) is 4.62. The molecule has 8 heteroatoms. The maximum Gasteiger partial charge on any atom is 0.319 e. The summed E-state index contributed by atoms with van der Waals surface area (Å²) in [5.74, 6) is 0.0277.